The third-order valence-corrected chi connectivity index (χ3v) is 4.22. The lowest BCUT2D eigenvalue weighted by Crippen LogP contribution is -2.28. The summed E-state index contributed by atoms with van der Waals surface area (Å²) in [5.74, 6) is 0.746. The van der Waals surface area contributed by atoms with E-state index in [0.717, 1.165) is 33.3 Å². The molecule has 0 saturated heterocycles. The summed E-state index contributed by atoms with van der Waals surface area (Å²) >= 11 is 0. The molecular weight excluding hydrogens is 300 g/mol. The molecule has 4 rings (SSSR count). The van der Waals surface area contributed by atoms with Crippen LogP contribution in [0.15, 0.2) is 54.7 Å². The summed E-state index contributed by atoms with van der Waals surface area (Å²) < 4.78 is 0. The van der Waals surface area contributed by atoms with Gasteiger partial charge in [-0.05, 0) is 30.7 Å². The Labute approximate surface area is 139 Å². The van der Waals surface area contributed by atoms with Crippen molar-refractivity contribution >= 4 is 27.8 Å². The van der Waals surface area contributed by atoms with Gasteiger partial charge in [0.1, 0.15) is 5.82 Å². The van der Waals surface area contributed by atoms with E-state index in [1.165, 1.54) is 0 Å². The van der Waals surface area contributed by atoms with Crippen molar-refractivity contribution in [1.82, 2.24) is 20.3 Å². The number of nitrogens with one attached hydrogen (secondary N) is 3. The van der Waals surface area contributed by atoms with E-state index in [1.54, 1.807) is 0 Å². The molecule has 2 aromatic carbocycles. The van der Waals surface area contributed by atoms with Crippen LogP contribution in [0.1, 0.15) is 24.4 Å². The first-order chi connectivity index (χ1) is 11.7. The van der Waals surface area contributed by atoms with Crippen LogP contribution in [-0.4, -0.2) is 20.9 Å². The number of para-hydroxylation sites is 3. The third kappa shape index (κ3) is 2.65. The number of rotatable bonds is 4. The first kappa shape index (κ1) is 14.5. The molecule has 0 spiro atoms. The average Bonchev–Trinajstić information content (AvgIpc) is 3.19. The molecule has 2 heterocycles. The van der Waals surface area contributed by atoms with Crippen LogP contribution in [0.2, 0.25) is 0 Å². The second-order valence-corrected chi connectivity index (χ2v) is 5.96. The Hall–Kier alpha value is -3.08. The fraction of sp³-hybridized carbons (Fsp3) is 0.158. The number of fused-ring (bicyclic) bond motifs is 2. The Morgan fingerprint density at radius 3 is 2.71 bits per heavy atom. The molecule has 5 nitrogen and oxygen atoms in total. The largest absolute Gasteiger partial charge is 0.361 e. The molecular formula is C19H18N4O. The van der Waals surface area contributed by atoms with Gasteiger partial charge < -0.3 is 15.3 Å². The summed E-state index contributed by atoms with van der Waals surface area (Å²) in [6, 6.07) is 15.7. The highest BCUT2D eigenvalue weighted by atomic mass is 16.1. The highest BCUT2D eigenvalue weighted by molar-refractivity contribution is 5.89. The fourth-order valence-electron chi connectivity index (χ4n) is 2.99. The van der Waals surface area contributed by atoms with Gasteiger partial charge in [-0.3, -0.25) is 4.79 Å². The van der Waals surface area contributed by atoms with Gasteiger partial charge >= 0.3 is 0 Å². The molecule has 1 amide bonds. The molecule has 5 heteroatoms. The van der Waals surface area contributed by atoms with Crippen molar-refractivity contribution in [3.05, 3.63) is 66.1 Å². The first-order valence-corrected chi connectivity index (χ1v) is 8.00. The van der Waals surface area contributed by atoms with E-state index in [4.69, 9.17) is 0 Å². The number of aromatic nitrogens is 3. The summed E-state index contributed by atoms with van der Waals surface area (Å²) in [5, 5.41) is 4.10. The van der Waals surface area contributed by atoms with Gasteiger partial charge in [0.05, 0.1) is 23.5 Å². The third-order valence-electron chi connectivity index (χ3n) is 4.22. The maximum atomic E-state index is 12.4. The van der Waals surface area contributed by atoms with Crippen molar-refractivity contribution in [3.8, 4) is 0 Å². The van der Waals surface area contributed by atoms with Crippen LogP contribution in [0.3, 0.4) is 0 Å². The van der Waals surface area contributed by atoms with E-state index in [9.17, 15) is 4.79 Å². The van der Waals surface area contributed by atoms with Crippen LogP contribution in [-0.2, 0) is 11.2 Å². The summed E-state index contributed by atoms with van der Waals surface area (Å²) in [4.78, 5) is 23.4. The number of imidazole rings is 1. The Morgan fingerprint density at radius 1 is 1.12 bits per heavy atom. The Balaban J connectivity index is 1.49. The smallest absolute Gasteiger partial charge is 0.225 e. The average molecular weight is 318 g/mol. The predicted molar refractivity (Wildman–Crippen MR) is 94.7 cm³/mol. The molecule has 2 aromatic heterocycles. The van der Waals surface area contributed by atoms with Crippen LogP contribution in [0.25, 0.3) is 21.9 Å². The van der Waals surface area contributed by atoms with Gasteiger partial charge in [-0.2, -0.15) is 0 Å². The van der Waals surface area contributed by atoms with Crippen LogP contribution < -0.4 is 5.32 Å². The van der Waals surface area contributed by atoms with Crippen molar-refractivity contribution in [1.29, 1.82) is 0 Å². The van der Waals surface area contributed by atoms with Gasteiger partial charge in [0.15, 0.2) is 0 Å². The minimum Gasteiger partial charge on any atom is -0.361 e. The normalized spacial score (nSPS) is 12.5. The molecule has 0 bridgehead atoms. The standard InChI is InChI=1S/C19H18N4O/c1-12(19-22-16-8-4-5-9-17(16)23-19)21-18(24)10-13-11-20-15-7-3-2-6-14(13)15/h2-9,11-12,20H,10H2,1H3,(H,21,24)(H,22,23). The molecule has 0 radical (unpaired) electrons. The Morgan fingerprint density at radius 2 is 1.88 bits per heavy atom. The zero-order chi connectivity index (χ0) is 16.5. The predicted octanol–water partition coefficient (Wildman–Crippen LogP) is 3.46. The van der Waals surface area contributed by atoms with Crippen LogP contribution in [0, 0.1) is 0 Å². The van der Waals surface area contributed by atoms with Crippen molar-refractivity contribution in [2.24, 2.45) is 0 Å². The van der Waals surface area contributed by atoms with Gasteiger partial charge in [-0.1, -0.05) is 30.3 Å². The molecule has 0 fully saturated rings. The van der Waals surface area contributed by atoms with E-state index in [-0.39, 0.29) is 11.9 Å². The minimum atomic E-state index is -0.171. The van der Waals surface area contributed by atoms with Crippen molar-refractivity contribution < 1.29 is 4.79 Å². The second-order valence-electron chi connectivity index (χ2n) is 5.96. The lowest BCUT2D eigenvalue weighted by molar-refractivity contribution is -0.121. The second kappa shape index (κ2) is 5.85. The Kier molecular flexibility index (Phi) is 3.54. The van der Waals surface area contributed by atoms with Crippen LogP contribution in [0.5, 0.6) is 0 Å². The van der Waals surface area contributed by atoms with Gasteiger partial charge in [-0.25, -0.2) is 4.98 Å². The molecule has 120 valence electrons. The lowest BCUT2D eigenvalue weighted by atomic mass is 10.1. The summed E-state index contributed by atoms with van der Waals surface area (Å²) in [7, 11) is 0. The Bertz CT molecular complexity index is 981. The van der Waals surface area contributed by atoms with E-state index in [0.29, 0.717) is 6.42 Å². The monoisotopic (exact) mass is 318 g/mol. The molecule has 0 aliphatic rings. The SMILES string of the molecule is CC(NC(=O)Cc1c[nH]c2ccccc12)c1nc2ccccc2[nH]1. The maximum absolute atomic E-state index is 12.4. The van der Waals surface area contributed by atoms with E-state index in [2.05, 4.69) is 20.3 Å². The molecule has 0 aliphatic heterocycles. The molecule has 24 heavy (non-hydrogen) atoms. The van der Waals surface area contributed by atoms with Gasteiger partial charge in [0.25, 0.3) is 0 Å². The first-order valence-electron chi connectivity index (χ1n) is 8.00. The number of amides is 1. The highest BCUT2D eigenvalue weighted by Gasteiger charge is 2.15. The van der Waals surface area contributed by atoms with Gasteiger partial charge in [-0.15, -0.1) is 0 Å². The number of hydrogen-bond donors (Lipinski definition) is 3. The van der Waals surface area contributed by atoms with Crippen LogP contribution >= 0.6 is 0 Å². The zero-order valence-electron chi connectivity index (χ0n) is 13.3. The van der Waals surface area contributed by atoms with E-state index < -0.39 is 0 Å². The van der Waals surface area contributed by atoms with Crippen molar-refractivity contribution in [2.45, 2.75) is 19.4 Å². The van der Waals surface area contributed by atoms with E-state index in [1.807, 2.05) is 61.7 Å². The quantitative estimate of drug-likeness (QED) is 0.539. The van der Waals surface area contributed by atoms with Gasteiger partial charge in [0.2, 0.25) is 5.91 Å². The summed E-state index contributed by atoms with van der Waals surface area (Å²) in [6.45, 7) is 1.94. The number of benzene rings is 2. The van der Waals surface area contributed by atoms with Gasteiger partial charge in [0, 0.05) is 17.1 Å². The van der Waals surface area contributed by atoms with E-state index >= 15 is 0 Å². The summed E-state index contributed by atoms with van der Waals surface area (Å²) in [6.07, 6.45) is 2.24. The molecule has 0 saturated carbocycles. The molecule has 1 unspecified atom stereocenters. The number of H-pyrrole nitrogens is 2. The topological polar surface area (TPSA) is 73.6 Å². The number of carbonyl (C=O) groups excluding carboxylic acids is 1. The molecule has 1 atom stereocenters. The van der Waals surface area contributed by atoms with Crippen molar-refractivity contribution in [2.75, 3.05) is 0 Å². The number of aromatic amines is 2. The fourth-order valence-corrected chi connectivity index (χ4v) is 2.99. The number of nitrogens with zero attached hydrogens (tertiary/aromatic N) is 1. The zero-order valence-corrected chi connectivity index (χ0v) is 13.3. The molecule has 3 N–H and O–H groups in total. The maximum Gasteiger partial charge on any atom is 0.225 e. The number of hydrogen-bond acceptors (Lipinski definition) is 2. The summed E-state index contributed by atoms with van der Waals surface area (Å²) in [5.41, 5.74) is 3.93. The van der Waals surface area contributed by atoms with Crippen molar-refractivity contribution in [3.63, 3.8) is 0 Å². The highest BCUT2D eigenvalue weighted by Crippen LogP contribution is 2.19. The lowest BCUT2D eigenvalue weighted by Gasteiger charge is -2.11. The number of carbonyl (C=O) groups is 1. The van der Waals surface area contributed by atoms with Crippen LogP contribution in [0.4, 0.5) is 0 Å². The molecule has 0 aliphatic carbocycles. The minimum absolute atomic E-state index is 0.0206. The molecule has 4 aromatic rings.